The van der Waals surface area contributed by atoms with E-state index in [4.69, 9.17) is 14.2 Å². The summed E-state index contributed by atoms with van der Waals surface area (Å²) in [5, 5.41) is 0. The van der Waals surface area contributed by atoms with Gasteiger partial charge in [0.1, 0.15) is 13.2 Å². The minimum Gasteiger partial charge on any atom is -0.462 e. The molecule has 386 valence electrons. The zero-order chi connectivity index (χ0) is 49.3. The molecule has 0 aliphatic heterocycles. The second kappa shape index (κ2) is 55.7. The third-order valence-corrected chi connectivity index (χ3v) is 11.5. The van der Waals surface area contributed by atoms with Gasteiger partial charge < -0.3 is 14.2 Å². The van der Waals surface area contributed by atoms with Gasteiger partial charge in [0.25, 0.3) is 0 Å². The molecule has 1 atom stereocenters. The SMILES string of the molecule is CC/C=C\C/C=C\C/C=C\C/C=C\C/C=C\CCCC(=O)OC(COC(=O)CCCCCCC/C=C\CCC)COC(=O)CCCCCCCCCC/C=C\C/C=C\C/C=C\CCCCCCC. The lowest BCUT2D eigenvalue weighted by molar-refractivity contribution is -0.167. The van der Waals surface area contributed by atoms with Gasteiger partial charge in [-0.15, -0.1) is 0 Å². The smallest absolute Gasteiger partial charge is 0.306 e. The zero-order valence-corrected chi connectivity index (χ0v) is 44.1. The van der Waals surface area contributed by atoms with Gasteiger partial charge in [-0.25, -0.2) is 0 Å². The van der Waals surface area contributed by atoms with Crippen molar-refractivity contribution in [3.05, 3.63) is 109 Å². The van der Waals surface area contributed by atoms with Crippen molar-refractivity contribution in [2.75, 3.05) is 13.2 Å². The molecule has 0 rings (SSSR count). The van der Waals surface area contributed by atoms with Crippen LogP contribution in [0.25, 0.3) is 0 Å². The lowest BCUT2D eigenvalue weighted by Crippen LogP contribution is -2.30. The highest BCUT2D eigenvalue weighted by Crippen LogP contribution is 2.13. The van der Waals surface area contributed by atoms with E-state index in [0.29, 0.717) is 19.3 Å². The lowest BCUT2D eigenvalue weighted by atomic mass is 10.1. The summed E-state index contributed by atoms with van der Waals surface area (Å²) in [5.74, 6) is -0.989. The maximum absolute atomic E-state index is 12.8. The third kappa shape index (κ3) is 53.0. The predicted octanol–water partition coefficient (Wildman–Crippen LogP) is 18.7. The molecule has 0 N–H and O–H groups in total. The summed E-state index contributed by atoms with van der Waals surface area (Å²) in [4.78, 5) is 38.0. The Morgan fingerprint density at radius 1 is 0.309 bits per heavy atom. The van der Waals surface area contributed by atoms with Crippen LogP contribution in [0.3, 0.4) is 0 Å². The summed E-state index contributed by atoms with van der Waals surface area (Å²) in [7, 11) is 0. The fraction of sp³-hybridized carbons (Fsp3) is 0.661. The Morgan fingerprint density at radius 3 is 1.01 bits per heavy atom. The standard InChI is InChI=1S/C62H102O6/c1-4-7-10-13-16-19-22-24-26-28-29-30-31-32-33-35-36-38-40-43-46-49-52-55-61(64)67-58-59(57-66-60(63)54-51-48-45-42-21-18-15-12-9-6-3)68-62(65)56-53-50-47-44-41-39-37-34-27-25-23-20-17-14-11-8-5-2/h8,11-12,15,17,20,22,24-25,27-29,31-32,37,39,44,47,59H,4-7,9-10,13-14,16,18-19,21,23,26,30,33-36,38,40-43,45-46,48-58H2,1-3H3/b11-8-,15-12-,20-17-,24-22-,27-25-,29-28-,32-31-,39-37-,47-44-. The van der Waals surface area contributed by atoms with Crippen molar-refractivity contribution in [2.45, 2.75) is 252 Å². The molecule has 0 fully saturated rings. The second-order valence-corrected chi connectivity index (χ2v) is 18.1. The molecule has 0 aromatic carbocycles. The van der Waals surface area contributed by atoms with E-state index in [1.807, 2.05) is 0 Å². The molecule has 0 amide bonds. The van der Waals surface area contributed by atoms with Crippen molar-refractivity contribution >= 4 is 17.9 Å². The quantitative estimate of drug-likeness (QED) is 0.0262. The van der Waals surface area contributed by atoms with E-state index in [9.17, 15) is 14.4 Å². The summed E-state index contributed by atoms with van der Waals surface area (Å²) < 4.78 is 16.7. The predicted molar refractivity (Wildman–Crippen MR) is 293 cm³/mol. The molecule has 1 unspecified atom stereocenters. The van der Waals surface area contributed by atoms with Crippen LogP contribution >= 0.6 is 0 Å². The first-order valence-electron chi connectivity index (χ1n) is 27.9. The molecule has 0 saturated carbocycles. The van der Waals surface area contributed by atoms with Crippen LogP contribution in [0, 0.1) is 0 Å². The molecular formula is C62H102O6. The Bertz CT molecular complexity index is 1410. The molecule has 0 aliphatic rings. The first-order chi connectivity index (χ1) is 33.5. The number of carbonyl (C=O) groups excluding carboxylic acids is 3. The number of carbonyl (C=O) groups is 3. The van der Waals surface area contributed by atoms with Gasteiger partial charge in [0.2, 0.25) is 0 Å². The Labute approximate surface area is 419 Å². The molecule has 0 aromatic rings. The van der Waals surface area contributed by atoms with Gasteiger partial charge in [0.05, 0.1) is 0 Å². The van der Waals surface area contributed by atoms with E-state index in [2.05, 4.69) is 130 Å². The first kappa shape index (κ1) is 64.1. The van der Waals surface area contributed by atoms with E-state index in [0.717, 1.165) is 116 Å². The third-order valence-electron chi connectivity index (χ3n) is 11.5. The van der Waals surface area contributed by atoms with Crippen molar-refractivity contribution in [3.8, 4) is 0 Å². The molecule has 6 heteroatoms. The summed E-state index contributed by atoms with van der Waals surface area (Å²) in [6.45, 7) is 6.38. The molecule has 0 heterocycles. The number of hydrogen-bond donors (Lipinski definition) is 0. The number of ether oxygens (including phenoxy) is 3. The highest BCUT2D eigenvalue weighted by Gasteiger charge is 2.19. The lowest BCUT2D eigenvalue weighted by Gasteiger charge is -2.18. The largest absolute Gasteiger partial charge is 0.462 e. The summed E-state index contributed by atoms with van der Waals surface area (Å²) in [6, 6.07) is 0. The van der Waals surface area contributed by atoms with E-state index < -0.39 is 6.10 Å². The number of hydrogen-bond acceptors (Lipinski definition) is 6. The Morgan fingerprint density at radius 2 is 0.618 bits per heavy atom. The van der Waals surface area contributed by atoms with Gasteiger partial charge in [0.15, 0.2) is 6.10 Å². The van der Waals surface area contributed by atoms with Gasteiger partial charge in [0, 0.05) is 19.3 Å². The van der Waals surface area contributed by atoms with Crippen LogP contribution < -0.4 is 0 Å². The van der Waals surface area contributed by atoms with E-state index >= 15 is 0 Å². The molecule has 6 nitrogen and oxygen atoms in total. The molecule has 0 bridgehead atoms. The van der Waals surface area contributed by atoms with Crippen LogP contribution in [-0.4, -0.2) is 37.2 Å². The van der Waals surface area contributed by atoms with Crippen molar-refractivity contribution in [1.29, 1.82) is 0 Å². The van der Waals surface area contributed by atoms with Crippen LogP contribution in [0.1, 0.15) is 245 Å². The molecular weight excluding hydrogens is 841 g/mol. The monoisotopic (exact) mass is 943 g/mol. The van der Waals surface area contributed by atoms with E-state index in [1.165, 1.54) is 83.5 Å². The van der Waals surface area contributed by atoms with Gasteiger partial charge in [-0.3, -0.25) is 14.4 Å². The molecule has 68 heavy (non-hydrogen) atoms. The maximum atomic E-state index is 12.8. The molecule has 0 saturated heterocycles. The minimum atomic E-state index is -0.816. The van der Waals surface area contributed by atoms with Gasteiger partial charge in [-0.05, 0) is 116 Å². The summed E-state index contributed by atoms with van der Waals surface area (Å²) in [5.41, 5.74) is 0. The van der Waals surface area contributed by atoms with E-state index in [-0.39, 0.29) is 37.5 Å². The average molecular weight is 943 g/mol. The normalized spacial score (nSPS) is 12.9. The highest BCUT2D eigenvalue weighted by atomic mass is 16.6. The summed E-state index contributed by atoms with van der Waals surface area (Å²) >= 11 is 0. The second-order valence-electron chi connectivity index (χ2n) is 18.1. The van der Waals surface area contributed by atoms with Crippen molar-refractivity contribution in [2.24, 2.45) is 0 Å². The minimum absolute atomic E-state index is 0.109. The van der Waals surface area contributed by atoms with Crippen LogP contribution in [0.4, 0.5) is 0 Å². The van der Waals surface area contributed by atoms with Crippen LogP contribution in [0.5, 0.6) is 0 Å². The first-order valence-corrected chi connectivity index (χ1v) is 27.9. The fourth-order valence-electron chi connectivity index (χ4n) is 7.31. The number of unbranched alkanes of at least 4 members (excludes halogenated alkanes) is 20. The van der Waals surface area contributed by atoms with Crippen LogP contribution in [0.2, 0.25) is 0 Å². The highest BCUT2D eigenvalue weighted by molar-refractivity contribution is 5.71. The zero-order valence-electron chi connectivity index (χ0n) is 44.1. The number of esters is 3. The van der Waals surface area contributed by atoms with Crippen LogP contribution in [-0.2, 0) is 28.6 Å². The Balaban J connectivity index is 4.40. The molecule has 0 aliphatic carbocycles. The molecule has 0 radical (unpaired) electrons. The number of allylic oxidation sites excluding steroid dienone is 18. The molecule has 0 spiro atoms. The fourth-order valence-corrected chi connectivity index (χ4v) is 7.31. The number of rotatable bonds is 49. The van der Waals surface area contributed by atoms with Gasteiger partial charge >= 0.3 is 17.9 Å². The molecule has 0 aromatic heterocycles. The maximum Gasteiger partial charge on any atom is 0.306 e. The average Bonchev–Trinajstić information content (AvgIpc) is 3.34. The van der Waals surface area contributed by atoms with Crippen molar-refractivity contribution in [1.82, 2.24) is 0 Å². The van der Waals surface area contributed by atoms with Gasteiger partial charge in [-0.2, -0.15) is 0 Å². The van der Waals surface area contributed by atoms with Crippen molar-refractivity contribution < 1.29 is 28.6 Å². The topological polar surface area (TPSA) is 78.9 Å². The van der Waals surface area contributed by atoms with E-state index in [1.54, 1.807) is 0 Å². The van der Waals surface area contributed by atoms with Crippen LogP contribution in [0.15, 0.2) is 109 Å². The van der Waals surface area contributed by atoms with Crippen molar-refractivity contribution in [3.63, 3.8) is 0 Å². The Hall–Kier alpha value is -3.93. The summed E-state index contributed by atoms with van der Waals surface area (Å²) in [6.07, 6.45) is 75.2. The van der Waals surface area contributed by atoms with Gasteiger partial charge in [-0.1, -0.05) is 220 Å². The Kier molecular flexibility index (Phi) is 52.4.